The van der Waals surface area contributed by atoms with E-state index in [2.05, 4.69) is 28.2 Å². The molecule has 0 fully saturated rings. The van der Waals surface area contributed by atoms with Gasteiger partial charge in [0, 0.05) is 11.6 Å². The molecule has 1 nitrogen and oxygen atoms in total. The Morgan fingerprint density at radius 3 is 2.94 bits per heavy atom. The smallest absolute Gasteiger partial charge is 0.142 e. The lowest BCUT2D eigenvalue weighted by atomic mass is 9.87. The summed E-state index contributed by atoms with van der Waals surface area (Å²) >= 11 is 3.08. The molecule has 0 bridgehead atoms. The van der Waals surface area contributed by atoms with Gasteiger partial charge in [-0.1, -0.05) is 6.92 Å². The summed E-state index contributed by atoms with van der Waals surface area (Å²) in [5.41, 5.74) is 1.07. The molecule has 1 aromatic carbocycles. The highest BCUT2D eigenvalue weighted by Crippen LogP contribution is 2.36. The number of benzene rings is 1. The maximum Gasteiger partial charge on any atom is 0.142 e. The summed E-state index contributed by atoms with van der Waals surface area (Å²) in [7, 11) is 0. The van der Waals surface area contributed by atoms with Crippen molar-refractivity contribution in [1.29, 1.82) is 0 Å². The van der Waals surface area contributed by atoms with E-state index in [-0.39, 0.29) is 22.1 Å². The van der Waals surface area contributed by atoms with Crippen molar-refractivity contribution in [2.24, 2.45) is 0 Å². The Morgan fingerprint density at radius 2 is 2.24 bits per heavy atom. The van der Waals surface area contributed by atoms with Gasteiger partial charge >= 0.3 is 0 Å². The second-order valence-electron chi connectivity index (χ2n) is 4.45. The monoisotopic (exact) mass is 303 g/mol. The number of hydrogen-bond acceptors (Lipinski definition) is 1. The lowest BCUT2D eigenvalue weighted by Gasteiger charge is -2.27. The fourth-order valence-electron chi connectivity index (χ4n) is 2.42. The van der Waals surface area contributed by atoms with Crippen LogP contribution in [0.25, 0.3) is 0 Å². The van der Waals surface area contributed by atoms with Crippen molar-refractivity contribution in [2.45, 2.75) is 38.6 Å². The molecule has 1 N–H and O–H groups in total. The number of nitrogens with one attached hydrogen (secondary N) is 1. The Morgan fingerprint density at radius 1 is 1.47 bits per heavy atom. The van der Waals surface area contributed by atoms with E-state index in [4.69, 9.17) is 0 Å². The second-order valence-corrected chi connectivity index (χ2v) is 5.30. The molecule has 94 valence electrons. The molecule has 0 spiro atoms. The molecular weight excluding hydrogens is 288 g/mol. The Hall–Kier alpha value is -0.480. The van der Waals surface area contributed by atoms with Gasteiger partial charge in [-0.3, -0.25) is 0 Å². The third-order valence-electron chi connectivity index (χ3n) is 3.22. The first kappa shape index (κ1) is 13.0. The number of halogens is 3. The molecule has 0 aromatic heterocycles. The summed E-state index contributed by atoms with van der Waals surface area (Å²) < 4.78 is 28.1. The number of rotatable bonds is 3. The van der Waals surface area contributed by atoms with Crippen LogP contribution in [-0.4, -0.2) is 6.54 Å². The van der Waals surface area contributed by atoms with Gasteiger partial charge in [0.15, 0.2) is 0 Å². The Bertz CT molecular complexity index is 420. The first-order valence-corrected chi connectivity index (χ1v) is 6.84. The minimum Gasteiger partial charge on any atom is -0.310 e. The zero-order valence-corrected chi connectivity index (χ0v) is 11.4. The zero-order valence-electron chi connectivity index (χ0n) is 9.82. The molecule has 1 aromatic rings. The van der Waals surface area contributed by atoms with Crippen molar-refractivity contribution >= 4 is 15.9 Å². The van der Waals surface area contributed by atoms with Crippen molar-refractivity contribution < 1.29 is 8.78 Å². The van der Waals surface area contributed by atoms with E-state index < -0.39 is 0 Å². The predicted molar refractivity (Wildman–Crippen MR) is 68.0 cm³/mol. The van der Waals surface area contributed by atoms with E-state index >= 15 is 0 Å². The van der Waals surface area contributed by atoms with Crippen molar-refractivity contribution in [3.05, 3.63) is 33.3 Å². The minimum absolute atomic E-state index is 0.0503. The maximum absolute atomic E-state index is 14.1. The molecule has 0 amide bonds. The summed E-state index contributed by atoms with van der Waals surface area (Å²) in [6.07, 6.45) is 3.41. The summed E-state index contributed by atoms with van der Waals surface area (Å²) in [5.74, 6) is -0.606. The van der Waals surface area contributed by atoms with Crippen LogP contribution in [-0.2, 0) is 6.42 Å². The molecule has 4 heteroatoms. The van der Waals surface area contributed by atoms with Gasteiger partial charge in [-0.05, 0) is 59.8 Å². The first-order valence-electron chi connectivity index (χ1n) is 6.04. The third-order valence-corrected chi connectivity index (χ3v) is 3.80. The van der Waals surface area contributed by atoms with Crippen LogP contribution in [0.5, 0.6) is 0 Å². The van der Waals surface area contributed by atoms with Crippen LogP contribution >= 0.6 is 15.9 Å². The zero-order chi connectivity index (χ0) is 12.4. The summed E-state index contributed by atoms with van der Waals surface area (Å²) in [6, 6.07) is 1.18. The van der Waals surface area contributed by atoms with Crippen molar-refractivity contribution in [1.82, 2.24) is 5.32 Å². The van der Waals surface area contributed by atoms with Crippen molar-refractivity contribution in [3.8, 4) is 0 Å². The van der Waals surface area contributed by atoms with Crippen molar-refractivity contribution in [2.75, 3.05) is 6.54 Å². The normalized spacial score (nSPS) is 19.2. The minimum atomic E-state index is -0.310. The summed E-state index contributed by atoms with van der Waals surface area (Å²) in [4.78, 5) is 0. The SMILES string of the molecule is CCCNC1CCCc2c(F)cc(Br)c(F)c21. The fraction of sp³-hybridized carbons (Fsp3) is 0.538. The molecule has 2 rings (SSSR count). The van der Waals surface area contributed by atoms with Gasteiger partial charge in [-0.25, -0.2) is 8.78 Å². The molecule has 1 atom stereocenters. The standard InChI is InChI=1S/C13H16BrF2N/c1-2-6-17-11-5-3-4-8-10(15)7-9(14)13(16)12(8)11/h7,11,17H,2-6H2,1H3. The highest BCUT2D eigenvalue weighted by atomic mass is 79.9. The van der Waals surface area contributed by atoms with Crippen LogP contribution in [0.2, 0.25) is 0 Å². The molecule has 0 heterocycles. The van der Waals surface area contributed by atoms with E-state index in [1.165, 1.54) is 6.07 Å². The number of hydrogen-bond donors (Lipinski definition) is 1. The maximum atomic E-state index is 14.1. The number of fused-ring (bicyclic) bond motifs is 1. The Kier molecular flexibility index (Phi) is 4.15. The molecule has 0 saturated heterocycles. The average molecular weight is 304 g/mol. The molecule has 1 aliphatic carbocycles. The van der Waals surface area contributed by atoms with Crippen LogP contribution < -0.4 is 5.32 Å². The largest absolute Gasteiger partial charge is 0.310 e. The summed E-state index contributed by atoms with van der Waals surface area (Å²) in [6.45, 7) is 2.90. The van der Waals surface area contributed by atoms with Crippen LogP contribution in [0.4, 0.5) is 8.78 Å². The molecule has 0 saturated carbocycles. The summed E-state index contributed by atoms with van der Waals surface area (Å²) in [5, 5.41) is 3.30. The lowest BCUT2D eigenvalue weighted by molar-refractivity contribution is 0.424. The quantitative estimate of drug-likeness (QED) is 0.829. The van der Waals surface area contributed by atoms with Crippen molar-refractivity contribution in [3.63, 3.8) is 0 Å². The third kappa shape index (κ3) is 2.52. The molecule has 0 radical (unpaired) electrons. The Labute approximate surface area is 109 Å². The lowest BCUT2D eigenvalue weighted by Crippen LogP contribution is -2.27. The van der Waals surface area contributed by atoms with Gasteiger partial charge < -0.3 is 5.32 Å². The van der Waals surface area contributed by atoms with Gasteiger partial charge in [0.25, 0.3) is 0 Å². The predicted octanol–water partition coefficient (Wildman–Crippen LogP) is 4.10. The molecule has 0 aliphatic heterocycles. The van der Waals surface area contributed by atoms with Gasteiger partial charge in [0.2, 0.25) is 0 Å². The topological polar surface area (TPSA) is 12.0 Å². The van der Waals surface area contributed by atoms with E-state index in [9.17, 15) is 8.78 Å². The highest BCUT2D eigenvalue weighted by Gasteiger charge is 2.27. The van der Waals surface area contributed by atoms with E-state index in [1.54, 1.807) is 0 Å². The van der Waals surface area contributed by atoms with Crippen LogP contribution in [0.3, 0.4) is 0 Å². The van der Waals surface area contributed by atoms with E-state index in [0.29, 0.717) is 17.5 Å². The molecule has 17 heavy (non-hydrogen) atoms. The fourth-order valence-corrected chi connectivity index (χ4v) is 2.83. The molecule has 1 unspecified atom stereocenters. The van der Waals surface area contributed by atoms with Gasteiger partial charge in [-0.2, -0.15) is 0 Å². The van der Waals surface area contributed by atoms with Crippen LogP contribution in [0, 0.1) is 11.6 Å². The Balaban J connectivity index is 2.41. The van der Waals surface area contributed by atoms with Gasteiger partial charge in [-0.15, -0.1) is 0 Å². The van der Waals surface area contributed by atoms with E-state index in [0.717, 1.165) is 25.8 Å². The highest BCUT2D eigenvalue weighted by molar-refractivity contribution is 9.10. The molecular formula is C13H16BrF2N. The average Bonchev–Trinajstić information content (AvgIpc) is 2.33. The van der Waals surface area contributed by atoms with Gasteiger partial charge in [0.05, 0.1) is 4.47 Å². The van der Waals surface area contributed by atoms with Crippen LogP contribution in [0.1, 0.15) is 43.4 Å². The van der Waals surface area contributed by atoms with Crippen LogP contribution in [0.15, 0.2) is 10.5 Å². The molecule has 1 aliphatic rings. The first-order chi connectivity index (χ1) is 8.15. The second kappa shape index (κ2) is 5.44. The van der Waals surface area contributed by atoms with Gasteiger partial charge in [0.1, 0.15) is 11.6 Å². The van der Waals surface area contributed by atoms with E-state index in [1.807, 2.05) is 0 Å².